The number of amides is 1. The number of carbonyl (C=O) groups excluding carboxylic acids is 1. The van der Waals surface area contributed by atoms with Crippen molar-refractivity contribution < 1.29 is 27.4 Å². The number of nitrogens with zero attached hydrogens (tertiary/aromatic N) is 3. The van der Waals surface area contributed by atoms with Gasteiger partial charge in [0.1, 0.15) is 12.2 Å². The molecule has 0 aromatic carbocycles. The first kappa shape index (κ1) is 23.6. The summed E-state index contributed by atoms with van der Waals surface area (Å²) in [5.41, 5.74) is -1.38. The lowest BCUT2D eigenvalue weighted by Gasteiger charge is -2.23. The minimum atomic E-state index is -4.43. The highest BCUT2D eigenvalue weighted by Crippen LogP contribution is 2.29. The summed E-state index contributed by atoms with van der Waals surface area (Å²) in [7, 11) is 1.65. The molecule has 1 unspecified atom stereocenters. The number of aromatic nitrogens is 1. The molecule has 1 aliphatic heterocycles. The molecule has 1 amide bonds. The second-order valence-electron chi connectivity index (χ2n) is 7.78. The number of ether oxygens (including phenoxy) is 2. The first-order chi connectivity index (χ1) is 14.0. The molecule has 11 heteroatoms. The number of guanidine groups is 1. The van der Waals surface area contributed by atoms with Crippen molar-refractivity contribution in [1.82, 2.24) is 20.5 Å². The molecule has 0 spiro atoms. The molecule has 0 saturated carbocycles. The molecule has 0 bridgehead atoms. The van der Waals surface area contributed by atoms with E-state index >= 15 is 0 Å². The molecule has 1 saturated heterocycles. The van der Waals surface area contributed by atoms with Crippen molar-refractivity contribution in [3.05, 3.63) is 23.9 Å². The second kappa shape index (κ2) is 9.86. The smallest absolute Gasteiger partial charge is 0.417 e. The first-order valence-corrected chi connectivity index (χ1v) is 9.59. The van der Waals surface area contributed by atoms with Gasteiger partial charge >= 0.3 is 12.3 Å². The third-order valence-corrected chi connectivity index (χ3v) is 4.12. The van der Waals surface area contributed by atoms with E-state index in [1.54, 1.807) is 7.05 Å². The van der Waals surface area contributed by atoms with E-state index in [2.05, 4.69) is 20.6 Å². The van der Waals surface area contributed by atoms with E-state index in [1.807, 2.05) is 25.7 Å². The van der Waals surface area contributed by atoms with Gasteiger partial charge in [0.15, 0.2) is 5.96 Å². The molecule has 2 heterocycles. The van der Waals surface area contributed by atoms with Gasteiger partial charge in [-0.1, -0.05) is 0 Å². The van der Waals surface area contributed by atoms with Crippen LogP contribution in [0.4, 0.5) is 18.0 Å². The zero-order chi connectivity index (χ0) is 22.4. The van der Waals surface area contributed by atoms with Crippen LogP contribution in [0.15, 0.2) is 23.3 Å². The van der Waals surface area contributed by atoms with E-state index in [-0.39, 0.29) is 18.5 Å². The predicted molar refractivity (Wildman–Crippen MR) is 105 cm³/mol. The van der Waals surface area contributed by atoms with Gasteiger partial charge in [0.2, 0.25) is 5.88 Å². The minimum absolute atomic E-state index is 0.0500. The van der Waals surface area contributed by atoms with Crippen molar-refractivity contribution in [3.8, 4) is 5.88 Å². The number of alkyl halides is 3. The predicted octanol–water partition coefficient (Wildman–Crippen LogP) is 2.65. The van der Waals surface area contributed by atoms with E-state index in [9.17, 15) is 18.0 Å². The highest BCUT2D eigenvalue weighted by molar-refractivity contribution is 5.80. The standard InChI is InChI=1S/C19H28F3N5O3/c1-18(2,3)30-17(28)26-14-7-9-27(12-14)16(23-4)24-8-10-29-15-6-5-13(11-25-15)19(20,21)22/h5-6,11,14H,7-10,12H2,1-4H3,(H,23,24)(H,26,28). The molecule has 1 aromatic rings. The topological polar surface area (TPSA) is 88.1 Å². The Hall–Kier alpha value is -2.72. The third kappa shape index (κ3) is 7.60. The quantitative estimate of drug-likeness (QED) is 0.423. The number of pyridine rings is 1. The number of hydrogen-bond acceptors (Lipinski definition) is 5. The summed E-state index contributed by atoms with van der Waals surface area (Å²) in [6, 6.07) is 2.06. The minimum Gasteiger partial charge on any atom is -0.476 e. The van der Waals surface area contributed by atoms with Crippen LogP contribution in [0.2, 0.25) is 0 Å². The van der Waals surface area contributed by atoms with Gasteiger partial charge in [0, 0.05) is 32.4 Å². The van der Waals surface area contributed by atoms with E-state index < -0.39 is 23.4 Å². The molecule has 2 rings (SSSR count). The van der Waals surface area contributed by atoms with E-state index in [4.69, 9.17) is 9.47 Å². The number of likely N-dealkylation sites (tertiary alicyclic amines) is 1. The number of nitrogens with one attached hydrogen (secondary N) is 2. The average Bonchev–Trinajstić information content (AvgIpc) is 3.07. The van der Waals surface area contributed by atoms with Gasteiger partial charge in [0.25, 0.3) is 0 Å². The lowest BCUT2D eigenvalue weighted by molar-refractivity contribution is -0.137. The number of alkyl carbamates (subject to hydrolysis) is 1. The van der Waals surface area contributed by atoms with Gasteiger partial charge in [0.05, 0.1) is 18.2 Å². The largest absolute Gasteiger partial charge is 0.476 e. The van der Waals surface area contributed by atoms with Gasteiger partial charge in [-0.05, 0) is 33.3 Å². The maximum Gasteiger partial charge on any atom is 0.417 e. The van der Waals surface area contributed by atoms with Crippen LogP contribution in [-0.4, -0.2) is 66.9 Å². The van der Waals surface area contributed by atoms with Gasteiger partial charge in [-0.15, -0.1) is 0 Å². The highest BCUT2D eigenvalue weighted by atomic mass is 19.4. The Morgan fingerprint density at radius 3 is 2.63 bits per heavy atom. The average molecular weight is 431 g/mol. The van der Waals surface area contributed by atoms with Crippen molar-refractivity contribution in [2.24, 2.45) is 4.99 Å². The Morgan fingerprint density at radius 1 is 1.33 bits per heavy atom. The number of rotatable bonds is 5. The first-order valence-electron chi connectivity index (χ1n) is 9.59. The number of hydrogen-bond donors (Lipinski definition) is 2. The summed E-state index contributed by atoms with van der Waals surface area (Å²) in [6.45, 7) is 7.30. The number of aliphatic imine (C=N–C) groups is 1. The third-order valence-electron chi connectivity index (χ3n) is 4.12. The fraction of sp³-hybridized carbons (Fsp3) is 0.632. The van der Waals surface area contributed by atoms with Crippen LogP contribution >= 0.6 is 0 Å². The Bertz CT molecular complexity index is 732. The molecule has 168 valence electrons. The Morgan fingerprint density at radius 2 is 2.07 bits per heavy atom. The fourth-order valence-corrected chi connectivity index (χ4v) is 2.83. The highest BCUT2D eigenvalue weighted by Gasteiger charge is 2.31. The zero-order valence-electron chi connectivity index (χ0n) is 17.5. The van der Waals surface area contributed by atoms with Crippen molar-refractivity contribution in [2.75, 3.05) is 33.3 Å². The second-order valence-corrected chi connectivity index (χ2v) is 7.78. The molecular weight excluding hydrogens is 403 g/mol. The summed E-state index contributed by atoms with van der Waals surface area (Å²) in [5.74, 6) is 0.759. The van der Waals surface area contributed by atoms with Crippen molar-refractivity contribution in [3.63, 3.8) is 0 Å². The van der Waals surface area contributed by atoms with E-state index in [0.717, 1.165) is 18.7 Å². The van der Waals surface area contributed by atoms with Crippen LogP contribution in [0.1, 0.15) is 32.8 Å². The Balaban J connectivity index is 1.73. The molecule has 1 fully saturated rings. The van der Waals surface area contributed by atoms with Crippen molar-refractivity contribution in [1.29, 1.82) is 0 Å². The SMILES string of the molecule is CN=C(NCCOc1ccc(C(F)(F)F)cn1)N1CCC(NC(=O)OC(C)(C)C)C1. The van der Waals surface area contributed by atoms with E-state index in [0.29, 0.717) is 25.6 Å². The van der Waals surface area contributed by atoms with Crippen LogP contribution in [0, 0.1) is 0 Å². The maximum absolute atomic E-state index is 12.5. The van der Waals surface area contributed by atoms with Crippen LogP contribution in [0.3, 0.4) is 0 Å². The fourth-order valence-electron chi connectivity index (χ4n) is 2.83. The Labute approximate surface area is 173 Å². The van der Waals surface area contributed by atoms with Crippen molar-refractivity contribution in [2.45, 2.75) is 45.0 Å². The molecule has 1 aliphatic rings. The maximum atomic E-state index is 12.5. The summed E-state index contributed by atoms with van der Waals surface area (Å²) >= 11 is 0. The summed E-state index contributed by atoms with van der Waals surface area (Å²) in [4.78, 5) is 21.8. The number of halogens is 3. The molecule has 1 aromatic heterocycles. The van der Waals surface area contributed by atoms with Gasteiger partial charge < -0.3 is 25.0 Å². The molecule has 8 nitrogen and oxygen atoms in total. The van der Waals surface area contributed by atoms with Gasteiger partial charge in [-0.25, -0.2) is 9.78 Å². The monoisotopic (exact) mass is 431 g/mol. The zero-order valence-corrected chi connectivity index (χ0v) is 17.5. The van der Waals surface area contributed by atoms with E-state index in [1.165, 1.54) is 6.07 Å². The molecule has 0 radical (unpaired) electrons. The van der Waals surface area contributed by atoms with Crippen LogP contribution in [-0.2, 0) is 10.9 Å². The van der Waals surface area contributed by atoms with Gasteiger partial charge in [-0.3, -0.25) is 4.99 Å². The summed E-state index contributed by atoms with van der Waals surface area (Å²) in [6.07, 6.45) is -3.38. The van der Waals surface area contributed by atoms with Crippen LogP contribution in [0.25, 0.3) is 0 Å². The van der Waals surface area contributed by atoms with Gasteiger partial charge in [-0.2, -0.15) is 13.2 Å². The van der Waals surface area contributed by atoms with Crippen LogP contribution < -0.4 is 15.4 Å². The summed E-state index contributed by atoms with van der Waals surface area (Å²) in [5, 5.41) is 5.98. The van der Waals surface area contributed by atoms with Crippen molar-refractivity contribution >= 4 is 12.1 Å². The normalized spacial score (nSPS) is 17.6. The molecule has 1 atom stereocenters. The Kier molecular flexibility index (Phi) is 7.74. The molecule has 30 heavy (non-hydrogen) atoms. The van der Waals surface area contributed by atoms with Crippen LogP contribution in [0.5, 0.6) is 5.88 Å². The molecule has 0 aliphatic carbocycles. The lowest BCUT2D eigenvalue weighted by atomic mass is 10.2. The lowest BCUT2D eigenvalue weighted by Crippen LogP contribution is -2.45. The summed E-state index contributed by atoms with van der Waals surface area (Å²) < 4.78 is 48.2. The number of carbonyl (C=O) groups is 1. The molecular formula is C19H28F3N5O3. The molecule has 2 N–H and O–H groups in total.